The number of aliphatic hydroxyl groups excluding tert-OH is 2. The van der Waals surface area contributed by atoms with E-state index in [0.717, 1.165) is 11.8 Å². The minimum atomic E-state index is -0.649. The van der Waals surface area contributed by atoms with Crippen LogP contribution in [0.3, 0.4) is 0 Å². The number of rotatable bonds is 6. The molecule has 8 nitrogen and oxygen atoms in total. The van der Waals surface area contributed by atoms with E-state index in [1.165, 1.54) is 24.3 Å². The number of fused-ring (bicyclic) bond motifs is 1. The van der Waals surface area contributed by atoms with Crippen LogP contribution in [0.25, 0.3) is 22.4 Å². The molecule has 0 bridgehead atoms. The summed E-state index contributed by atoms with van der Waals surface area (Å²) in [6.07, 6.45) is 11.9. The number of ether oxygens (including phenoxy) is 1. The van der Waals surface area contributed by atoms with Gasteiger partial charge in [0.15, 0.2) is 5.82 Å². The van der Waals surface area contributed by atoms with E-state index < -0.39 is 17.0 Å². The maximum atomic E-state index is 14.9. The molecule has 1 atom stereocenters. The zero-order chi connectivity index (χ0) is 26.0. The fourth-order valence-corrected chi connectivity index (χ4v) is 4.55. The number of H-pyrrole nitrogens is 2. The van der Waals surface area contributed by atoms with Crippen molar-refractivity contribution >= 4 is 11.0 Å². The van der Waals surface area contributed by atoms with Crippen LogP contribution in [0.1, 0.15) is 31.9 Å². The Morgan fingerprint density at radius 1 is 1.18 bits per heavy atom. The second kappa shape index (κ2) is 12.5. The summed E-state index contributed by atoms with van der Waals surface area (Å²) in [4.78, 5) is 14.7. The van der Waals surface area contributed by atoms with Gasteiger partial charge in [-0.25, -0.2) is 18.7 Å². The topological polar surface area (TPSA) is 139 Å². The van der Waals surface area contributed by atoms with Gasteiger partial charge in [0.1, 0.15) is 17.4 Å². The molecular formula is C28H28F2N4O4W. The van der Waals surface area contributed by atoms with Gasteiger partial charge in [-0.1, -0.05) is 23.8 Å². The molecule has 1 aliphatic rings. The summed E-state index contributed by atoms with van der Waals surface area (Å²) in [7, 11) is 0. The number of hydrogen-bond acceptors (Lipinski definition) is 5. The number of halogens is 2. The molecule has 0 fully saturated rings. The minimum Gasteiger partial charge on any atom is -0.515 e. The number of pyridine rings is 1. The minimum absolute atomic E-state index is 0. The molecule has 6 N–H and O–H groups in total. The van der Waals surface area contributed by atoms with E-state index in [0.29, 0.717) is 41.6 Å². The van der Waals surface area contributed by atoms with Crippen LogP contribution in [0, 0.1) is 11.6 Å². The van der Waals surface area contributed by atoms with Gasteiger partial charge in [0.05, 0.1) is 22.9 Å². The van der Waals surface area contributed by atoms with Gasteiger partial charge >= 0.3 is 0 Å². The first-order valence-corrected chi connectivity index (χ1v) is 11.9. The average molecular weight is 706 g/mol. The third-order valence-electron chi connectivity index (χ3n) is 6.79. The molecule has 3 heterocycles. The Labute approximate surface area is 237 Å². The summed E-state index contributed by atoms with van der Waals surface area (Å²) in [5.74, 6) is -0.933. The Balaban J connectivity index is 0.00000210. The van der Waals surface area contributed by atoms with Crippen LogP contribution in [0.2, 0.25) is 0 Å². The smallest absolute Gasteiger partial charge is 0.256 e. The van der Waals surface area contributed by atoms with Crippen molar-refractivity contribution in [2.45, 2.75) is 31.6 Å². The molecule has 0 spiro atoms. The summed E-state index contributed by atoms with van der Waals surface area (Å²) >= 11 is 0. The van der Waals surface area contributed by atoms with E-state index in [9.17, 15) is 19.0 Å². The van der Waals surface area contributed by atoms with Gasteiger partial charge in [-0.2, -0.15) is 0 Å². The van der Waals surface area contributed by atoms with E-state index in [1.54, 1.807) is 18.5 Å². The fourth-order valence-electron chi connectivity index (χ4n) is 4.55. The molecular weight excluding hydrogens is 678 g/mol. The van der Waals surface area contributed by atoms with E-state index in [4.69, 9.17) is 4.74 Å². The maximum absolute atomic E-state index is 14.9. The molecule has 39 heavy (non-hydrogen) atoms. The van der Waals surface area contributed by atoms with Crippen molar-refractivity contribution in [2.24, 2.45) is 0 Å². The normalized spacial score (nSPS) is 20.3. The maximum Gasteiger partial charge on any atom is 0.256 e. The van der Waals surface area contributed by atoms with E-state index in [2.05, 4.69) is 19.9 Å². The Kier molecular flexibility index (Phi) is 9.61. The Bertz CT molecular complexity index is 1550. The van der Waals surface area contributed by atoms with Crippen LogP contribution in [0.4, 0.5) is 8.78 Å². The Hall–Kier alpha value is -3.59. The number of aromatic amines is 2. The average Bonchev–Trinajstić information content (AvgIpc) is 3.55. The van der Waals surface area contributed by atoms with Crippen LogP contribution in [-0.2, 0) is 26.5 Å². The molecule has 1 aliphatic carbocycles. The number of allylic oxidation sites excluding steroid dienone is 4. The summed E-state index contributed by atoms with van der Waals surface area (Å²) in [6.45, 7) is 2.03. The first-order valence-electron chi connectivity index (χ1n) is 11.9. The Morgan fingerprint density at radius 2 is 2.00 bits per heavy atom. The molecule has 3 aromatic heterocycles. The second-order valence-corrected chi connectivity index (χ2v) is 9.15. The summed E-state index contributed by atoms with van der Waals surface area (Å²) in [6, 6.07) is 7.05. The van der Waals surface area contributed by atoms with Crippen LogP contribution >= 0.6 is 0 Å². The molecule has 0 saturated carbocycles. The van der Waals surface area contributed by atoms with Crippen molar-refractivity contribution in [1.29, 1.82) is 0 Å². The number of aliphatic hydroxyl groups is 2. The van der Waals surface area contributed by atoms with Crippen molar-refractivity contribution in [3.63, 3.8) is 0 Å². The molecule has 4 aromatic rings. The second-order valence-electron chi connectivity index (χ2n) is 9.15. The quantitative estimate of drug-likeness (QED) is 0.195. The number of hydrogen-bond donors (Lipinski definition) is 4. The summed E-state index contributed by atoms with van der Waals surface area (Å²) < 4.78 is 35.0. The Morgan fingerprint density at radius 3 is 2.77 bits per heavy atom. The zero-order valence-electron chi connectivity index (χ0n) is 21.0. The van der Waals surface area contributed by atoms with Gasteiger partial charge in [-0.05, 0) is 56.0 Å². The number of aromatic nitrogens is 4. The van der Waals surface area contributed by atoms with E-state index in [1.807, 2.05) is 25.2 Å². The molecule has 1 aromatic carbocycles. The van der Waals surface area contributed by atoms with Crippen molar-refractivity contribution in [3.8, 4) is 23.0 Å². The van der Waals surface area contributed by atoms with Crippen molar-refractivity contribution in [1.82, 2.24) is 19.9 Å². The van der Waals surface area contributed by atoms with Gasteiger partial charge in [-0.15, -0.1) is 0 Å². The molecule has 0 saturated heterocycles. The first-order chi connectivity index (χ1) is 17.9. The van der Waals surface area contributed by atoms with Crippen molar-refractivity contribution in [2.75, 3.05) is 6.61 Å². The SMILES string of the molecule is CC1(c2cnc(-c3cc(Oc4nc5cc[nH]c5cc4F)ccc3F)[nH]2)CC\C(CCO)=C/C=C\C1=C\O.O.[W]. The largest absolute Gasteiger partial charge is 0.515 e. The third kappa shape index (κ3) is 6.03. The molecule has 204 valence electrons. The van der Waals surface area contributed by atoms with Crippen molar-refractivity contribution < 1.29 is 50.3 Å². The predicted octanol–water partition coefficient (Wildman–Crippen LogP) is 5.55. The summed E-state index contributed by atoms with van der Waals surface area (Å²) in [5, 5.41) is 19.3. The van der Waals surface area contributed by atoms with E-state index >= 15 is 0 Å². The summed E-state index contributed by atoms with van der Waals surface area (Å²) in [5.41, 5.74) is 3.04. The number of imidazole rings is 1. The van der Waals surface area contributed by atoms with Gasteiger partial charge in [0, 0.05) is 57.2 Å². The van der Waals surface area contributed by atoms with Crippen molar-refractivity contribution in [3.05, 3.63) is 95.7 Å². The van der Waals surface area contributed by atoms with Crippen LogP contribution in [0.5, 0.6) is 11.6 Å². The van der Waals surface area contributed by atoms with Crippen LogP contribution in [-0.4, -0.2) is 42.2 Å². The van der Waals surface area contributed by atoms with Crippen LogP contribution in [0.15, 0.2) is 78.4 Å². The van der Waals surface area contributed by atoms with Crippen LogP contribution < -0.4 is 4.74 Å². The van der Waals surface area contributed by atoms with Gasteiger partial charge in [0.25, 0.3) is 5.88 Å². The zero-order valence-corrected chi connectivity index (χ0v) is 24.0. The monoisotopic (exact) mass is 706 g/mol. The molecule has 11 heteroatoms. The fraction of sp³-hybridized carbons (Fsp3) is 0.214. The molecule has 0 radical (unpaired) electrons. The molecule has 0 aliphatic heterocycles. The van der Waals surface area contributed by atoms with E-state index in [-0.39, 0.29) is 56.2 Å². The molecule has 0 amide bonds. The predicted molar refractivity (Wildman–Crippen MR) is 140 cm³/mol. The van der Waals surface area contributed by atoms with Gasteiger partial charge in [0.2, 0.25) is 0 Å². The number of nitrogens with zero attached hydrogens (tertiary/aromatic N) is 2. The van der Waals surface area contributed by atoms with Gasteiger partial charge < -0.3 is 30.4 Å². The standard InChI is InChI=1S/C28H26F2N4O3.H2O.W/c1-28(10-7-17(9-12-35)3-2-4-18(28)16-36)25-15-32-26(34-25)20-13-19(5-6-21(20)29)37-27-22(30)14-24-23(33-27)8-11-31-24;;/h2-6,8,11,13-16,31,35-36H,7,9-10,12H2,1H3,(H,32,34);1H2;/b4-2-,17-3+,18-16-;;. The number of benzene rings is 1. The molecule has 1 unspecified atom stereocenters. The van der Waals surface area contributed by atoms with Gasteiger partial charge in [-0.3, -0.25) is 0 Å². The third-order valence-corrected chi connectivity index (χ3v) is 6.79. The first kappa shape index (κ1) is 30.0. The molecule has 5 rings (SSSR count). The number of nitrogens with one attached hydrogen (secondary N) is 2.